The average molecular weight is 318 g/mol. The fraction of sp³-hybridized carbons (Fsp3) is 0.556. The second-order valence-corrected chi connectivity index (χ2v) is 6.55. The smallest absolute Gasteiger partial charge is 0.350 e. The van der Waals surface area contributed by atoms with Crippen LogP contribution in [0.3, 0.4) is 0 Å². The molecule has 0 bridgehead atoms. The Morgan fingerprint density at radius 3 is 2.83 bits per heavy atom. The number of methoxy groups -OCH3 is 1. The first-order chi connectivity index (χ1) is 11.1. The van der Waals surface area contributed by atoms with Crippen molar-refractivity contribution < 1.29 is 19.1 Å². The molecule has 0 amide bonds. The lowest BCUT2D eigenvalue weighted by Gasteiger charge is -2.43. The van der Waals surface area contributed by atoms with Gasteiger partial charge in [-0.3, -0.25) is 4.79 Å². The van der Waals surface area contributed by atoms with Gasteiger partial charge in [0.1, 0.15) is 17.1 Å². The lowest BCUT2D eigenvalue weighted by Crippen LogP contribution is -2.39. The number of allylic oxidation sites excluding steroid dienone is 1. The van der Waals surface area contributed by atoms with E-state index in [1.54, 1.807) is 6.07 Å². The summed E-state index contributed by atoms with van der Waals surface area (Å²) in [5.41, 5.74) is -0.750. The van der Waals surface area contributed by atoms with E-state index in [1.165, 1.54) is 7.11 Å². The summed E-state index contributed by atoms with van der Waals surface area (Å²) in [5, 5.41) is 10.3. The van der Waals surface area contributed by atoms with E-state index in [1.807, 2.05) is 0 Å². The van der Waals surface area contributed by atoms with Gasteiger partial charge in [-0.2, -0.15) is 0 Å². The van der Waals surface area contributed by atoms with Gasteiger partial charge < -0.3 is 14.3 Å². The van der Waals surface area contributed by atoms with E-state index in [0.29, 0.717) is 12.0 Å². The molecule has 124 valence electrons. The van der Waals surface area contributed by atoms with Gasteiger partial charge in [0.05, 0.1) is 13.2 Å². The highest BCUT2D eigenvalue weighted by Crippen LogP contribution is 2.48. The van der Waals surface area contributed by atoms with Gasteiger partial charge in [-0.1, -0.05) is 25.5 Å². The molecule has 5 atom stereocenters. The summed E-state index contributed by atoms with van der Waals surface area (Å²) >= 11 is 0. The highest BCUT2D eigenvalue weighted by molar-refractivity contribution is 5.78. The first kappa shape index (κ1) is 16.0. The zero-order valence-corrected chi connectivity index (χ0v) is 13.4. The van der Waals surface area contributed by atoms with Crippen LogP contribution in [0, 0.1) is 17.8 Å². The normalized spacial score (nSPS) is 33.1. The first-order valence-corrected chi connectivity index (χ1v) is 8.10. The Kier molecular flexibility index (Phi) is 4.39. The molecular weight excluding hydrogens is 296 g/mol. The van der Waals surface area contributed by atoms with Crippen molar-refractivity contribution in [3.8, 4) is 5.75 Å². The number of aldehydes is 1. The minimum Gasteiger partial charge on any atom is -0.496 e. The van der Waals surface area contributed by atoms with Crippen molar-refractivity contribution in [2.75, 3.05) is 7.11 Å². The van der Waals surface area contributed by atoms with Crippen LogP contribution in [-0.4, -0.2) is 24.6 Å². The predicted octanol–water partition coefficient (Wildman–Crippen LogP) is 2.53. The maximum absolute atomic E-state index is 12.1. The Labute approximate surface area is 135 Å². The fourth-order valence-corrected chi connectivity index (χ4v) is 4.14. The third-order valence-electron chi connectivity index (χ3n) is 5.28. The van der Waals surface area contributed by atoms with Crippen LogP contribution < -0.4 is 10.4 Å². The van der Waals surface area contributed by atoms with Crippen LogP contribution in [0.5, 0.6) is 5.75 Å². The van der Waals surface area contributed by atoms with Crippen LogP contribution in [0.2, 0.25) is 0 Å². The van der Waals surface area contributed by atoms with Gasteiger partial charge in [-0.05, 0) is 24.7 Å². The van der Waals surface area contributed by atoms with E-state index < -0.39 is 5.63 Å². The summed E-state index contributed by atoms with van der Waals surface area (Å²) in [6.07, 6.45) is 7.07. The van der Waals surface area contributed by atoms with E-state index in [-0.39, 0.29) is 41.1 Å². The van der Waals surface area contributed by atoms with Crippen LogP contribution in [0.25, 0.3) is 0 Å². The van der Waals surface area contributed by atoms with Crippen molar-refractivity contribution in [1.82, 2.24) is 0 Å². The third kappa shape index (κ3) is 2.74. The van der Waals surface area contributed by atoms with E-state index in [9.17, 15) is 14.7 Å². The zero-order valence-electron chi connectivity index (χ0n) is 13.4. The number of fused-ring (bicyclic) bond motifs is 1. The van der Waals surface area contributed by atoms with E-state index in [0.717, 1.165) is 19.3 Å². The minimum absolute atomic E-state index is 0.00209. The molecule has 0 aliphatic heterocycles. The number of hydrogen-bond donors (Lipinski definition) is 1. The second-order valence-electron chi connectivity index (χ2n) is 6.55. The van der Waals surface area contributed by atoms with E-state index in [2.05, 4.69) is 19.1 Å². The number of carbonyl (C=O) groups excluding carboxylic acids is 1. The van der Waals surface area contributed by atoms with Crippen LogP contribution in [-0.2, 0) is 0 Å². The molecule has 23 heavy (non-hydrogen) atoms. The molecule has 0 spiro atoms. The van der Waals surface area contributed by atoms with Crippen molar-refractivity contribution in [3.63, 3.8) is 0 Å². The Balaban J connectivity index is 2.06. The summed E-state index contributed by atoms with van der Waals surface area (Å²) in [4.78, 5) is 23.1. The van der Waals surface area contributed by atoms with E-state index in [4.69, 9.17) is 9.15 Å². The van der Waals surface area contributed by atoms with Gasteiger partial charge in [0, 0.05) is 17.9 Å². The topological polar surface area (TPSA) is 76.7 Å². The average Bonchev–Trinajstić information content (AvgIpc) is 2.54. The monoisotopic (exact) mass is 318 g/mol. The largest absolute Gasteiger partial charge is 0.496 e. The lowest BCUT2D eigenvalue weighted by molar-refractivity contribution is 0.0332. The molecule has 1 unspecified atom stereocenters. The summed E-state index contributed by atoms with van der Waals surface area (Å²) < 4.78 is 10.6. The summed E-state index contributed by atoms with van der Waals surface area (Å²) in [5.74, 6) is 1.30. The molecule has 2 aliphatic rings. The van der Waals surface area contributed by atoms with Crippen molar-refractivity contribution in [3.05, 3.63) is 40.0 Å². The molecule has 1 saturated carbocycles. The highest BCUT2D eigenvalue weighted by atomic mass is 16.5. The number of aliphatic hydroxyl groups excluding tert-OH is 1. The molecule has 0 aromatic carbocycles. The van der Waals surface area contributed by atoms with Crippen LogP contribution >= 0.6 is 0 Å². The molecule has 1 N–H and O–H groups in total. The molecule has 3 rings (SSSR count). The van der Waals surface area contributed by atoms with Crippen molar-refractivity contribution >= 4 is 6.29 Å². The maximum atomic E-state index is 12.1. The molecular formula is C18H22O5. The van der Waals surface area contributed by atoms with Gasteiger partial charge >= 0.3 is 5.63 Å². The van der Waals surface area contributed by atoms with Crippen molar-refractivity contribution in [1.29, 1.82) is 0 Å². The Hall–Kier alpha value is -1.88. The van der Waals surface area contributed by atoms with Crippen LogP contribution in [0.4, 0.5) is 0 Å². The second kappa shape index (κ2) is 6.32. The Morgan fingerprint density at radius 1 is 1.35 bits per heavy atom. The molecule has 1 fully saturated rings. The Morgan fingerprint density at radius 2 is 2.13 bits per heavy atom. The SMILES string of the molecule is COc1cc([C@H]2C3CCC[C@@H](O)[C@@H]3C=C[C@@H]2C)oc(=O)c1C=O. The fourth-order valence-electron chi connectivity index (χ4n) is 4.14. The number of hydrogen-bond acceptors (Lipinski definition) is 5. The van der Waals surface area contributed by atoms with Gasteiger partial charge in [0.25, 0.3) is 0 Å². The zero-order chi connectivity index (χ0) is 16.6. The van der Waals surface area contributed by atoms with E-state index >= 15 is 0 Å². The Bertz CT molecular complexity index is 674. The van der Waals surface area contributed by atoms with Gasteiger partial charge in [0.2, 0.25) is 0 Å². The van der Waals surface area contributed by atoms with Gasteiger partial charge in [-0.15, -0.1) is 0 Å². The lowest BCUT2D eigenvalue weighted by atomic mass is 9.63. The molecule has 1 aromatic heterocycles. The predicted molar refractivity (Wildman–Crippen MR) is 84.8 cm³/mol. The molecule has 5 heteroatoms. The van der Waals surface area contributed by atoms with Gasteiger partial charge in [-0.25, -0.2) is 4.79 Å². The summed E-state index contributed by atoms with van der Waals surface area (Å²) in [7, 11) is 1.43. The molecule has 2 aliphatic carbocycles. The number of ether oxygens (including phenoxy) is 1. The van der Waals surface area contributed by atoms with Crippen molar-refractivity contribution in [2.45, 2.75) is 38.2 Å². The standard InChI is InChI=1S/C18H22O5/c1-10-6-7-11-12(4-3-5-14(11)20)17(10)16-8-15(22-2)13(9-19)18(21)23-16/h6-12,14,17,20H,3-5H2,1-2H3/t10-,11+,12?,14+,17+/m0/s1. The van der Waals surface area contributed by atoms with Gasteiger partial charge in [0.15, 0.2) is 6.29 Å². The molecule has 1 aromatic rings. The molecule has 0 saturated heterocycles. The van der Waals surface area contributed by atoms with Crippen LogP contribution in [0.15, 0.2) is 27.4 Å². The summed E-state index contributed by atoms with van der Waals surface area (Å²) in [6, 6.07) is 1.66. The van der Waals surface area contributed by atoms with Crippen LogP contribution in [0.1, 0.15) is 48.2 Å². The first-order valence-electron chi connectivity index (χ1n) is 8.10. The number of aliphatic hydroxyl groups is 1. The molecule has 1 heterocycles. The number of carbonyl (C=O) groups is 1. The summed E-state index contributed by atoms with van der Waals surface area (Å²) in [6.45, 7) is 2.08. The molecule has 0 radical (unpaired) electrons. The van der Waals surface area contributed by atoms with Crippen molar-refractivity contribution in [2.24, 2.45) is 17.8 Å². The maximum Gasteiger partial charge on any atom is 0.350 e. The quantitative estimate of drug-likeness (QED) is 0.684. The molecule has 5 nitrogen and oxygen atoms in total. The number of rotatable bonds is 3. The minimum atomic E-state index is -0.663. The highest BCUT2D eigenvalue weighted by Gasteiger charge is 2.42. The third-order valence-corrected chi connectivity index (χ3v) is 5.28.